The molecule has 192 valence electrons. The molecule has 3 heterocycles. The zero-order valence-electron chi connectivity index (χ0n) is 19.7. The van der Waals surface area contributed by atoms with Gasteiger partial charge < -0.3 is 20.1 Å². The Labute approximate surface area is 208 Å². The molecule has 8 nitrogen and oxygen atoms in total. The molecular formula is C25H27F2N3O5S. The lowest BCUT2D eigenvalue weighted by molar-refractivity contribution is -0.149. The third kappa shape index (κ3) is 4.52. The van der Waals surface area contributed by atoms with Gasteiger partial charge in [0.2, 0.25) is 10.0 Å². The molecule has 0 saturated carbocycles. The Kier molecular flexibility index (Phi) is 6.36. The number of hydrogen-bond donors (Lipinski definition) is 2. The molecule has 2 aromatic rings. The zero-order valence-corrected chi connectivity index (χ0v) is 20.5. The van der Waals surface area contributed by atoms with Gasteiger partial charge in [0.1, 0.15) is 5.75 Å². The van der Waals surface area contributed by atoms with Crippen LogP contribution in [-0.4, -0.2) is 68.0 Å². The van der Waals surface area contributed by atoms with Gasteiger partial charge in [-0.1, -0.05) is 18.2 Å². The van der Waals surface area contributed by atoms with Gasteiger partial charge in [0.05, 0.1) is 4.90 Å². The Morgan fingerprint density at radius 1 is 1.06 bits per heavy atom. The first-order valence-corrected chi connectivity index (χ1v) is 13.1. The minimum Gasteiger partial charge on any atom is -0.435 e. The molecule has 0 aromatic heterocycles. The van der Waals surface area contributed by atoms with E-state index in [4.69, 9.17) is 0 Å². The van der Waals surface area contributed by atoms with Gasteiger partial charge in [-0.25, -0.2) is 8.42 Å². The molecule has 0 fully saturated rings. The Morgan fingerprint density at radius 3 is 2.36 bits per heavy atom. The number of fused-ring (bicyclic) bond motifs is 1. The summed E-state index contributed by atoms with van der Waals surface area (Å²) in [5.74, 6) is -0.549. The Bertz CT molecular complexity index is 1310. The molecule has 0 saturated heterocycles. The number of hydrogen-bond acceptors (Lipinski definition) is 6. The maximum atomic E-state index is 13.3. The number of ether oxygens (including phenoxy) is 1. The van der Waals surface area contributed by atoms with Gasteiger partial charge >= 0.3 is 6.61 Å². The molecule has 1 amide bonds. The fourth-order valence-electron chi connectivity index (χ4n) is 5.02. The van der Waals surface area contributed by atoms with Gasteiger partial charge in [-0.05, 0) is 72.0 Å². The molecule has 0 bridgehead atoms. The summed E-state index contributed by atoms with van der Waals surface area (Å²) in [5.41, 5.74) is 2.76. The highest BCUT2D eigenvalue weighted by Gasteiger charge is 2.43. The number of carbonyl (C=O) groups excluding carboxylic acids is 1. The maximum Gasteiger partial charge on any atom is 0.387 e. The Hall–Kier alpha value is -2.86. The van der Waals surface area contributed by atoms with Crippen molar-refractivity contribution in [1.82, 2.24) is 14.5 Å². The normalized spacial score (nSPS) is 19.9. The van der Waals surface area contributed by atoms with Crippen molar-refractivity contribution in [3.05, 3.63) is 70.3 Å². The molecule has 0 aliphatic carbocycles. The number of rotatable bonds is 6. The monoisotopic (exact) mass is 519 g/mol. The van der Waals surface area contributed by atoms with Crippen molar-refractivity contribution in [2.24, 2.45) is 0 Å². The van der Waals surface area contributed by atoms with Gasteiger partial charge in [-0.3, -0.25) is 4.79 Å². The van der Waals surface area contributed by atoms with E-state index >= 15 is 0 Å². The fraction of sp³-hybridized carbons (Fsp3) is 0.400. The summed E-state index contributed by atoms with van der Waals surface area (Å²) in [5, 5.41) is 14.5. The third-order valence-electron chi connectivity index (χ3n) is 7.04. The van der Waals surface area contributed by atoms with E-state index in [2.05, 4.69) is 10.1 Å². The second-order valence-corrected chi connectivity index (χ2v) is 11.4. The summed E-state index contributed by atoms with van der Waals surface area (Å²) in [7, 11) is -3.85. The molecule has 0 unspecified atom stereocenters. The fourth-order valence-corrected chi connectivity index (χ4v) is 6.45. The SMILES string of the molecule is C[C@](O)(C(=O)N1CC2=C(C1)CN(S(=O)(=O)c1ccc(OC(F)F)cc1)C2)c1ccc2c(c1)CNCC2. The number of sulfonamides is 1. The van der Waals surface area contributed by atoms with Crippen LogP contribution in [0.1, 0.15) is 23.6 Å². The molecule has 1 atom stereocenters. The predicted octanol–water partition coefficient (Wildman–Crippen LogP) is 1.98. The number of amides is 1. The molecule has 2 N–H and O–H groups in total. The van der Waals surface area contributed by atoms with E-state index in [0.717, 1.165) is 29.7 Å². The number of aliphatic hydroxyl groups is 1. The predicted molar refractivity (Wildman–Crippen MR) is 127 cm³/mol. The second-order valence-electron chi connectivity index (χ2n) is 9.47. The van der Waals surface area contributed by atoms with Crippen molar-refractivity contribution in [2.75, 3.05) is 32.7 Å². The number of nitrogens with zero attached hydrogens (tertiary/aromatic N) is 2. The summed E-state index contributed by atoms with van der Waals surface area (Å²) in [4.78, 5) is 14.8. The van der Waals surface area contributed by atoms with E-state index in [9.17, 15) is 27.1 Å². The smallest absolute Gasteiger partial charge is 0.387 e. The van der Waals surface area contributed by atoms with Crippen LogP contribution in [0.4, 0.5) is 8.78 Å². The molecule has 0 spiro atoms. The third-order valence-corrected chi connectivity index (χ3v) is 8.85. The van der Waals surface area contributed by atoms with Crippen molar-refractivity contribution in [1.29, 1.82) is 0 Å². The molecule has 3 aliphatic rings. The second kappa shape index (κ2) is 9.22. The highest BCUT2D eigenvalue weighted by Crippen LogP contribution is 2.34. The van der Waals surface area contributed by atoms with Crippen molar-refractivity contribution in [2.45, 2.75) is 37.0 Å². The van der Waals surface area contributed by atoms with E-state index in [1.165, 1.54) is 41.1 Å². The summed E-state index contributed by atoms with van der Waals surface area (Å²) in [6.07, 6.45) is 0.904. The van der Waals surface area contributed by atoms with Gasteiger partial charge in [-0.15, -0.1) is 0 Å². The van der Waals surface area contributed by atoms with E-state index in [1.54, 1.807) is 11.0 Å². The Morgan fingerprint density at radius 2 is 1.72 bits per heavy atom. The minimum atomic E-state index is -3.85. The van der Waals surface area contributed by atoms with Crippen LogP contribution in [0.5, 0.6) is 5.75 Å². The first-order valence-electron chi connectivity index (χ1n) is 11.7. The van der Waals surface area contributed by atoms with Crippen molar-refractivity contribution in [3.8, 4) is 5.75 Å². The quantitative estimate of drug-likeness (QED) is 0.567. The van der Waals surface area contributed by atoms with Crippen LogP contribution in [0, 0.1) is 0 Å². The Balaban J connectivity index is 1.24. The lowest BCUT2D eigenvalue weighted by Gasteiger charge is -2.31. The molecule has 11 heteroatoms. The van der Waals surface area contributed by atoms with Gasteiger partial charge in [0.15, 0.2) is 5.60 Å². The lowest BCUT2D eigenvalue weighted by Crippen LogP contribution is -2.46. The van der Waals surface area contributed by atoms with Crippen LogP contribution < -0.4 is 10.1 Å². The van der Waals surface area contributed by atoms with Crippen LogP contribution in [0.15, 0.2) is 58.5 Å². The topological polar surface area (TPSA) is 99.2 Å². The first-order chi connectivity index (χ1) is 17.1. The first kappa shape index (κ1) is 24.8. The highest BCUT2D eigenvalue weighted by molar-refractivity contribution is 7.89. The van der Waals surface area contributed by atoms with E-state index in [1.807, 2.05) is 12.1 Å². The average Bonchev–Trinajstić information content (AvgIpc) is 3.43. The molecule has 0 radical (unpaired) electrons. The summed E-state index contributed by atoms with van der Waals surface area (Å²) in [6, 6.07) is 10.5. The van der Waals surface area contributed by atoms with Gasteiger partial charge in [-0.2, -0.15) is 13.1 Å². The number of carbonyl (C=O) groups is 1. The van der Waals surface area contributed by atoms with Crippen LogP contribution in [0.3, 0.4) is 0 Å². The standard InChI is InChI=1S/C25H27F2N3O5S/c1-25(32,20-3-2-16-8-9-28-11-17(16)10-20)23(31)29-12-18-14-30(15-19(18)13-29)36(33,34)22-6-4-21(5-7-22)35-24(26)27/h2-7,10,24,28,32H,8-9,11-15H2,1H3/t25-/m1/s1. The van der Waals surface area contributed by atoms with Gasteiger partial charge in [0.25, 0.3) is 5.91 Å². The highest BCUT2D eigenvalue weighted by atomic mass is 32.2. The van der Waals surface area contributed by atoms with Gasteiger partial charge in [0, 0.05) is 32.7 Å². The largest absolute Gasteiger partial charge is 0.435 e. The summed E-state index contributed by atoms with van der Waals surface area (Å²) < 4.78 is 56.4. The summed E-state index contributed by atoms with van der Waals surface area (Å²) >= 11 is 0. The van der Waals surface area contributed by atoms with Crippen LogP contribution >= 0.6 is 0 Å². The lowest BCUT2D eigenvalue weighted by atomic mass is 9.89. The molecule has 2 aromatic carbocycles. The van der Waals surface area contributed by atoms with E-state index in [0.29, 0.717) is 12.1 Å². The zero-order chi connectivity index (χ0) is 25.7. The molecule has 36 heavy (non-hydrogen) atoms. The molecular weight excluding hydrogens is 492 g/mol. The van der Waals surface area contributed by atoms with E-state index < -0.39 is 28.1 Å². The average molecular weight is 520 g/mol. The number of halogens is 2. The van der Waals surface area contributed by atoms with E-state index in [-0.39, 0.29) is 36.8 Å². The van der Waals surface area contributed by atoms with Crippen molar-refractivity contribution >= 4 is 15.9 Å². The molecule has 3 aliphatic heterocycles. The van der Waals surface area contributed by atoms with Crippen LogP contribution in [0.2, 0.25) is 0 Å². The minimum absolute atomic E-state index is 0.0249. The van der Waals surface area contributed by atoms with Crippen molar-refractivity contribution < 1.29 is 31.8 Å². The van der Waals surface area contributed by atoms with Crippen LogP contribution in [-0.2, 0) is 33.4 Å². The van der Waals surface area contributed by atoms with Crippen molar-refractivity contribution in [3.63, 3.8) is 0 Å². The number of alkyl halides is 2. The van der Waals surface area contributed by atoms with Crippen LogP contribution in [0.25, 0.3) is 0 Å². The summed E-state index contributed by atoms with van der Waals surface area (Å²) in [6.45, 7) is 0.834. The maximum absolute atomic E-state index is 13.3. The molecule has 5 rings (SSSR count). The number of nitrogens with one attached hydrogen (secondary N) is 1. The number of benzene rings is 2.